The van der Waals surface area contributed by atoms with E-state index < -0.39 is 0 Å². The van der Waals surface area contributed by atoms with E-state index in [1.807, 2.05) is 23.1 Å². The van der Waals surface area contributed by atoms with Crippen LogP contribution < -0.4 is 5.73 Å². The number of hydrogen-bond acceptors (Lipinski definition) is 4. The molecular weight excluding hydrogens is 270 g/mol. The van der Waals surface area contributed by atoms with Crippen molar-refractivity contribution in [3.05, 3.63) is 23.8 Å². The van der Waals surface area contributed by atoms with Crippen molar-refractivity contribution in [2.45, 2.75) is 26.7 Å². The summed E-state index contributed by atoms with van der Waals surface area (Å²) >= 11 is 1.43. The highest BCUT2D eigenvalue weighted by Gasteiger charge is 2.29. The number of fused-ring (bicyclic) bond motifs is 1. The van der Waals surface area contributed by atoms with E-state index in [-0.39, 0.29) is 11.3 Å². The number of anilines is 1. The summed E-state index contributed by atoms with van der Waals surface area (Å²) in [5, 5.41) is 0.545. The van der Waals surface area contributed by atoms with Gasteiger partial charge in [-0.2, -0.15) is 0 Å². The molecule has 4 nitrogen and oxygen atoms in total. The van der Waals surface area contributed by atoms with Crippen LogP contribution >= 0.6 is 11.3 Å². The van der Waals surface area contributed by atoms with E-state index in [1.165, 1.54) is 17.8 Å². The minimum Gasteiger partial charge on any atom is -0.375 e. The molecule has 1 fully saturated rings. The standard InChI is InChI=1S/C15H19N3OS/c1-15(2)6-3-7-18(9-15)13(19)10-4-5-11-12(8-10)20-14(16)17-11/h4-5,8H,3,6-7,9H2,1-2H3,(H2,16,17). The molecule has 2 aromatic rings. The Bertz CT molecular complexity index is 662. The van der Waals surface area contributed by atoms with Crippen molar-refractivity contribution in [2.75, 3.05) is 18.8 Å². The summed E-state index contributed by atoms with van der Waals surface area (Å²) < 4.78 is 0.976. The molecule has 2 N–H and O–H groups in total. The second-order valence-corrected chi connectivity index (χ2v) is 7.29. The van der Waals surface area contributed by atoms with Gasteiger partial charge in [0.2, 0.25) is 0 Å². The van der Waals surface area contributed by atoms with Crippen LogP contribution in [0, 0.1) is 5.41 Å². The fourth-order valence-electron chi connectivity index (χ4n) is 2.85. The number of amides is 1. The van der Waals surface area contributed by atoms with Gasteiger partial charge >= 0.3 is 0 Å². The molecule has 0 aliphatic carbocycles. The molecule has 1 saturated heterocycles. The molecule has 3 rings (SSSR count). The van der Waals surface area contributed by atoms with E-state index in [9.17, 15) is 4.79 Å². The number of thiazole rings is 1. The van der Waals surface area contributed by atoms with Crippen LogP contribution in [0.2, 0.25) is 0 Å². The fourth-order valence-corrected chi connectivity index (χ4v) is 3.63. The van der Waals surface area contributed by atoms with Crippen LogP contribution in [0.4, 0.5) is 5.13 Å². The summed E-state index contributed by atoms with van der Waals surface area (Å²) in [6.45, 7) is 6.12. The summed E-state index contributed by atoms with van der Waals surface area (Å²) in [5.74, 6) is 0.117. The lowest BCUT2D eigenvalue weighted by molar-refractivity contribution is 0.0583. The average Bonchev–Trinajstić information content (AvgIpc) is 2.75. The highest BCUT2D eigenvalue weighted by Crippen LogP contribution is 2.30. The number of nitrogens with zero attached hydrogens (tertiary/aromatic N) is 2. The van der Waals surface area contributed by atoms with Crippen molar-refractivity contribution >= 4 is 32.6 Å². The quantitative estimate of drug-likeness (QED) is 0.877. The van der Waals surface area contributed by atoms with Crippen LogP contribution in [-0.2, 0) is 0 Å². The third kappa shape index (κ3) is 2.50. The number of hydrogen-bond donors (Lipinski definition) is 1. The molecule has 1 aliphatic heterocycles. The molecule has 20 heavy (non-hydrogen) atoms. The van der Waals surface area contributed by atoms with Crippen LogP contribution in [0.25, 0.3) is 10.2 Å². The van der Waals surface area contributed by atoms with Crippen LogP contribution in [0.15, 0.2) is 18.2 Å². The first-order valence-corrected chi connectivity index (χ1v) is 7.72. The number of aromatic nitrogens is 1. The van der Waals surface area contributed by atoms with Gasteiger partial charge in [0.15, 0.2) is 5.13 Å². The minimum atomic E-state index is 0.117. The number of piperidine rings is 1. The van der Waals surface area contributed by atoms with E-state index in [4.69, 9.17) is 5.73 Å². The maximum Gasteiger partial charge on any atom is 0.253 e. The molecule has 106 valence electrons. The lowest BCUT2D eigenvalue weighted by Crippen LogP contribution is -2.43. The van der Waals surface area contributed by atoms with E-state index in [1.54, 1.807) is 0 Å². The zero-order valence-electron chi connectivity index (χ0n) is 11.8. The van der Waals surface area contributed by atoms with Crippen LogP contribution in [-0.4, -0.2) is 28.9 Å². The van der Waals surface area contributed by atoms with E-state index in [0.29, 0.717) is 5.13 Å². The predicted molar refractivity (Wildman–Crippen MR) is 83.0 cm³/mol. The largest absolute Gasteiger partial charge is 0.375 e. The van der Waals surface area contributed by atoms with Crippen LogP contribution in [0.1, 0.15) is 37.0 Å². The molecule has 0 saturated carbocycles. The maximum absolute atomic E-state index is 12.6. The van der Waals surface area contributed by atoms with Crippen molar-refractivity contribution in [1.29, 1.82) is 0 Å². The summed E-state index contributed by atoms with van der Waals surface area (Å²) in [5.41, 5.74) is 7.52. The summed E-state index contributed by atoms with van der Waals surface area (Å²) in [7, 11) is 0. The van der Waals surface area contributed by atoms with Crippen molar-refractivity contribution in [2.24, 2.45) is 5.41 Å². The van der Waals surface area contributed by atoms with Gasteiger partial charge in [-0.3, -0.25) is 4.79 Å². The molecule has 0 bridgehead atoms. The highest BCUT2D eigenvalue weighted by atomic mass is 32.1. The molecule has 1 aromatic heterocycles. The number of carbonyl (C=O) groups is 1. The van der Waals surface area contributed by atoms with Gasteiger partial charge in [-0.25, -0.2) is 4.98 Å². The Labute approximate surface area is 122 Å². The Balaban J connectivity index is 1.88. The SMILES string of the molecule is CC1(C)CCCN(C(=O)c2ccc3nc(N)sc3c2)C1. The second kappa shape index (κ2) is 4.74. The van der Waals surface area contributed by atoms with Gasteiger partial charge in [0.1, 0.15) is 0 Å². The Morgan fingerprint density at radius 3 is 3.00 bits per heavy atom. The second-order valence-electron chi connectivity index (χ2n) is 6.23. The van der Waals surface area contributed by atoms with Gasteiger partial charge in [0.05, 0.1) is 10.2 Å². The molecular formula is C15H19N3OS. The van der Waals surface area contributed by atoms with Gasteiger partial charge in [-0.1, -0.05) is 25.2 Å². The zero-order chi connectivity index (χ0) is 14.3. The van der Waals surface area contributed by atoms with Gasteiger partial charge in [0, 0.05) is 18.7 Å². The van der Waals surface area contributed by atoms with Crippen molar-refractivity contribution < 1.29 is 4.79 Å². The molecule has 1 aliphatic rings. The lowest BCUT2D eigenvalue weighted by Gasteiger charge is -2.38. The Hall–Kier alpha value is -1.62. The lowest BCUT2D eigenvalue weighted by atomic mass is 9.84. The van der Waals surface area contributed by atoms with Crippen molar-refractivity contribution in [3.8, 4) is 0 Å². The van der Waals surface area contributed by atoms with E-state index in [2.05, 4.69) is 18.8 Å². The van der Waals surface area contributed by atoms with Crippen LogP contribution in [0.3, 0.4) is 0 Å². The molecule has 0 atom stereocenters. The first kappa shape index (κ1) is 13.4. The molecule has 2 heterocycles. The monoisotopic (exact) mass is 289 g/mol. The Morgan fingerprint density at radius 1 is 1.45 bits per heavy atom. The molecule has 1 amide bonds. The Morgan fingerprint density at radius 2 is 2.25 bits per heavy atom. The van der Waals surface area contributed by atoms with Gasteiger partial charge < -0.3 is 10.6 Å². The summed E-state index contributed by atoms with van der Waals surface area (Å²) in [6, 6.07) is 5.64. The van der Waals surface area contributed by atoms with Crippen molar-refractivity contribution in [3.63, 3.8) is 0 Å². The van der Waals surface area contributed by atoms with Gasteiger partial charge in [-0.15, -0.1) is 0 Å². The first-order chi connectivity index (χ1) is 9.44. The highest BCUT2D eigenvalue weighted by molar-refractivity contribution is 7.22. The summed E-state index contributed by atoms with van der Waals surface area (Å²) in [6.07, 6.45) is 2.26. The Kier molecular flexibility index (Phi) is 3.17. The number of rotatable bonds is 1. The predicted octanol–water partition coefficient (Wildman–Crippen LogP) is 3.14. The van der Waals surface area contributed by atoms with Gasteiger partial charge in [0.25, 0.3) is 5.91 Å². The maximum atomic E-state index is 12.6. The normalized spacial score (nSPS) is 18.4. The number of nitrogens with two attached hydrogens (primary N) is 1. The van der Waals surface area contributed by atoms with E-state index in [0.717, 1.165) is 35.3 Å². The zero-order valence-corrected chi connectivity index (χ0v) is 12.7. The molecule has 5 heteroatoms. The van der Waals surface area contributed by atoms with E-state index >= 15 is 0 Å². The van der Waals surface area contributed by atoms with Crippen molar-refractivity contribution in [1.82, 2.24) is 9.88 Å². The molecule has 0 unspecified atom stereocenters. The first-order valence-electron chi connectivity index (χ1n) is 6.90. The summed E-state index contributed by atoms with van der Waals surface area (Å²) in [4.78, 5) is 18.8. The van der Waals surface area contributed by atoms with Gasteiger partial charge in [-0.05, 0) is 36.5 Å². The minimum absolute atomic E-state index is 0.117. The van der Waals surface area contributed by atoms with Crippen LogP contribution in [0.5, 0.6) is 0 Å². The topological polar surface area (TPSA) is 59.2 Å². The number of nitrogen functional groups attached to an aromatic ring is 1. The fraction of sp³-hybridized carbons (Fsp3) is 0.467. The average molecular weight is 289 g/mol. The molecule has 0 radical (unpaired) electrons. The number of likely N-dealkylation sites (tertiary alicyclic amines) is 1. The number of benzene rings is 1. The smallest absolute Gasteiger partial charge is 0.253 e. The molecule has 0 spiro atoms. The third-order valence-electron chi connectivity index (χ3n) is 3.84. The molecule has 1 aromatic carbocycles. The third-order valence-corrected chi connectivity index (χ3v) is 4.69. The number of carbonyl (C=O) groups excluding carboxylic acids is 1.